The molecule has 19 heavy (non-hydrogen) atoms. The number of aromatic nitrogens is 1. The minimum Gasteiger partial charge on any atom is -0.365 e. The second-order valence-electron chi connectivity index (χ2n) is 4.66. The van der Waals surface area contributed by atoms with E-state index >= 15 is 0 Å². The van der Waals surface area contributed by atoms with E-state index in [0.29, 0.717) is 22.1 Å². The van der Waals surface area contributed by atoms with Gasteiger partial charge in [-0.1, -0.05) is 11.3 Å². The largest absolute Gasteiger partial charge is 0.365 e. The molecule has 1 aromatic rings. The second-order valence-corrected chi connectivity index (χ2v) is 7.88. The molecule has 2 heterocycles. The topological polar surface area (TPSA) is 79.4 Å². The van der Waals surface area contributed by atoms with Crippen LogP contribution in [0.3, 0.4) is 0 Å². The van der Waals surface area contributed by atoms with Crippen molar-refractivity contribution in [3.05, 3.63) is 10.6 Å². The summed E-state index contributed by atoms with van der Waals surface area (Å²) in [6, 6.07) is -0.225. The van der Waals surface area contributed by atoms with Crippen LogP contribution in [0.1, 0.15) is 21.8 Å². The number of thiazole rings is 1. The number of carbonyl (C=O) groups is 1. The quantitative estimate of drug-likeness (QED) is 0.891. The molecule has 0 aromatic carbocycles. The molecule has 1 saturated heterocycles. The van der Waals surface area contributed by atoms with Crippen LogP contribution in [0, 0.1) is 6.92 Å². The summed E-state index contributed by atoms with van der Waals surface area (Å²) in [5, 5.41) is 3.59. The summed E-state index contributed by atoms with van der Waals surface area (Å²) in [6.07, 6.45) is 0.515. The van der Waals surface area contributed by atoms with Gasteiger partial charge in [0.2, 0.25) is 0 Å². The molecular formula is C11H17N3O3S2. The normalized spacial score (nSPS) is 21.3. The molecule has 0 radical (unpaired) electrons. The zero-order valence-corrected chi connectivity index (χ0v) is 12.8. The first kappa shape index (κ1) is 14.3. The molecule has 1 aromatic heterocycles. The Morgan fingerprint density at radius 1 is 1.53 bits per heavy atom. The molecule has 0 unspecified atom stereocenters. The van der Waals surface area contributed by atoms with E-state index < -0.39 is 9.84 Å². The summed E-state index contributed by atoms with van der Waals surface area (Å²) in [7, 11) is 0.424. The molecular weight excluding hydrogens is 286 g/mol. The van der Waals surface area contributed by atoms with E-state index in [0.717, 1.165) is 0 Å². The fourth-order valence-corrected chi connectivity index (χ4v) is 4.79. The molecule has 106 valence electrons. The smallest absolute Gasteiger partial charge is 0.265 e. The van der Waals surface area contributed by atoms with Gasteiger partial charge in [0.15, 0.2) is 15.0 Å². The van der Waals surface area contributed by atoms with Crippen molar-refractivity contribution in [2.75, 3.05) is 30.9 Å². The SMILES string of the molecule is CNc1nc(C)c(C(=O)N(C)[C@@H]2CCS(=O)(=O)C2)s1. The van der Waals surface area contributed by atoms with E-state index in [2.05, 4.69) is 10.3 Å². The van der Waals surface area contributed by atoms with Gasteiger partial charge in [-0.25, -0.2) is 13.4 Å². The first-order valence-electron chi connectivity index (χ1n) is 5.97. The molecule has 0 saturated carbocycles. The van der Waals surface area contributed by atoms with Gasteiger partial charge in [0, 0.05) is 20.1 Å². The highest BCUT2D eigenvalue weighted by atomic mass is 32.2. The Bertz CT molecular complexity index is 594. The predicted octanol–water partition coefficient (Wildman–Crippen LogP) is 0.752. The summed E-state index contributed by atoms with van der Waals surface area (Å²) in [6.45, 7) is 1.78. The second kappa shape index (κ2) is 5.09. The summed E-state index contributed by atoms with van der Waals surface area (Å²) in [5.74, 6) is 0.0728. The van der Waals surface area contributed by atoms with Crippen molar-refractivity contribution in [3.8, 4) is 0 Å². The van der Waals surface area contributed by atoms with Crippen molar-refractivity contribution < 1.29 is 13.2 Å². The zero-order chi connectivity index (χ0) is 14.2. The van der Waals surface area contributed by atoms with Gasteiger partial charge in [-0.05, 0) is 13.3 Å². The number of hydrogen-bond donors (Lipinski definition) is 1. The number of nitrogens with one attached hydrogen (secondary N) is 1. The lowest BCUT2D eigenvalue weighted by Gasteiger charge is -2.22. The molecule has 1 atom stereocenters. The number of aryl methyl sites for hydroxylation is 1. The van der Waals surface area contributed by atoms with Crippen LogP contribution in [0.2, 0.25) is 0 Å². The maximum atomic E-state index is 12.4. The Kier molecular flexibility index (Phi) is 3.82. The Balaban J connectivity index is 2.17. The van der Waals surface area contributed by atoms with Crippen LogP contribution in [0.15, 0.2) is 0 Å². The highest BCUT2D eigenvalue weighted by Gasteiger charge is 2.34. The number of hydrogen-bond acceptors (Lipinski definition) is 6. The number of anilines is 1. The van der Waals surface area contributed by atoms with Crippen LogP contribution in [0.4, 0.5) is 5.13 Å². The molecule has 1 aliphatic heterocycles. The fraction of sp³-hybridized carbons (Fsp3) is 0.636. The molecule has 0 spiro atoms. The molecule has 6 nitrogen and oxygen atoms in total. The van der Waals surface area contributed by atoms with Crippen molar-refractivity contribution >= 4 is 32.2 Å². The van der Waals surface area contributed by atoms with Crippen LogP contribution >= 0.6 is 11.3 Å². The standard InChI is InChI=1S/C11H17N3O3S2/c1-7-9(18-11(12-2)13-7)10(15)14(3)8-4-5-19(16,17)6-8/h8H,4-6H2,1-3H3,(H,12,13)/t8-/m1/s1. The lowest BCUT2D eigenvalue weighted by molar-refractivity contribution is 0.0751. The van der Waals surface area contributed by atoms with E-state index in [-0.39, 0.29) is 23.5 Å². The third-order valence-corrected chi connectivity index (χ3v) is 6.19. The van der Waals surface area contributed by atoms with Crippen LogP contribution in [-0.4, -0.2) is 55.9 Å². The van der Waals surface area contributed by atoms with Gasteiger partial charge in [-0.15, -0.1) is 0 Å². The minimum atomic E-state index is -2.98. The third-order valence-electron chi connectivity index (χ3n) is 3.28. The molecule has 1 fully saturated rings. The van der Waals surface area contributed by atoms with Gasteiger partial charge in [-0.2, -0.15) is 0 Å². The van der Waals surface area contributed by atoms with Gasteiger partial charge in [0.1, 0.15) is 4.88 Å². The fourth-order valence-electron chi connectivity index (χ4n) is 2.11. The summed E-state index contributed by atoms with van der Waals surface area (Å²) in [4.78, 5) is 18.7. The molecule has 8 heteroatoms. The molecule has 0 aliphatic carbocycles. The highest BCUT2D eigenvalue weighted by molar-refractivity contribution is 7.91. The van der Waals surface area contributed by atoms with Crippen LogP contribution in [0.25, 0.3) is 0 Å². The maximum Gasteiger partial charge on any atom is 0.265 e. The number of rotatable bonds is 3. The number of amides is 1. The van der Waals surface area contributed by atoms with Crippen LogP contribution < -0.4 is 5.32 Å². The third kappa shape index (κ3) is 2.89. The molecule has 1 amide bonds. The van der Waals surface area contributed by atoms with Crippen LogP contribution in [0.5, 0.6) is 0 Å². The molecule has 2 rings (SSSR count). The Morgan fingerprint density at radius 3 is 2.68 bits per heavy atom. The average molecular weight is 303 g/mol. The van der Waals surface area contributed by atoms with Crippen molar-refractivity contribution in [1.82, 2.24) is 9.88 Å². The van der Waals surface area contributed by atoms with Crippen molar-refractivity contribution in [2.45, 2.75) is 19.4 Å². The molecule has 1 N–H and O–H groups in total. The van der Waals surface area contributed by atoms with Gasteiger partial charge < -0.3 is 10.2 Å². The predicted molar refractivity (Wildman–Crippen MR) is 75.6 cm³/mol. The molecule has 0 bridgehead atoms. The lowest BCUT2D eigenvalue weighted by Crippen LogP contribution is -2.37. The van der Waals surface area contributed by atoms with E-state index in [9.17, 15) is 13.2 Å². The number of nitrogens with zero attached hydrogens (tertiary/aromatic N) is 2. The van der Waals surface area contributed by atoms with Crippen LogP contribution in [-0.2, 0) is 9.84 Å². The summed E-state index contributed by atoms with van der Waals surface area (Å²) < 4.78 is 22.9. The first-order chi connectivity index (χ1) is 8.84. The zero-order valence-electron chi connectivity index (χ0n) is 11.1. The Hall–Kier alpha value is -1.15. The van der Waals surface area contributed by atoms with E-state index in [4.69, 9.17) is 0 Å². The monoisotopic (exact) mass is 303 g/mol. The maximum absolute atomic E-state index is 12.4. The van der Waals surface area contributed by atoms with Gasteiger partial charge in [0.25, 0.3) is 5.91 Å². The summed E-state index contributed by atoms with van der Waals surface area (Å²) in [5.41, 5.74) is 0.673. The van der Waals surface area contributed by atoms with Crippen molar-refractivity contribution in [3.63, 3.8) is 0 Å². The molecule has 1 aliphatic rings. The number of sulfone groups is 1. The Morgan fingerprint density at radius 2 is 2.21 bits per heavy atom. The number of carbonyl (C=O) groups excluding carboxylic acids is 1. The van der Waals surface area contributed by atoms with E-state index in [1.165, 1.54) is 16.2 Å². The lowest BCUT2D eigenvalue weighted by atomic mass is 10.2. The van der Waals surface area contributed by atoms with E-state index in [1.807, 2.05) is 0 Å². The first-order valence-corrected chi connectivity index (χ1v) is 8.60. The van der Waals surface area contributed by atoms with Crippen molar-refractivity contribution in [2.24, 2.45) is 0 Å². The minimum absolute atomic E-state index is 0.0615. The summed E-state index contributed by atoms with van der Waals surface area (Å²) >= 11 is 1.29. The van der Waals surface area contributed by atoms with Gasteiger partial charge >= 0.3 is 0 Å². The van der Waals surface area contributed by atoms with Crippen molar-refractivity contribution in [1.29, 1.82) is 0 Å². The van der Waals surface area contributed by atoms with E-state index in [1.54, 1.807) is 21.0 Å². The van der Waals surface area contributed by atoms with Gasteiger partial charge in [-0.3, -0.25) is 4.79 Å². The Labute approximate surface area is 116 Å². The highest BCUT2D eigenvalue weighted by Crippen LogP contribution is 2.25. The van der Waals surface area contributed by atoms with Gasteiger partial charge in [0.05, 0.1) is 17.2 Å². The average Bonchev–Trinajstić information content (AvgIpc) is 2.90.